The predicted molar refractivity (Wildman–Crippen MR) is 121 cm³/mol. The fraction of sp³-hybridized carbons (Fsp3) is 0.280. The summed E-state index contributed by atoms with van der Waals surface area (Å²) in [5.41, 5.74) is 3.11. The van der Waals surface area contributed by atoms with Crippen LogP contribution >= 0.6 is 11.6 Å². The zero-order valence-electron chi connectivity index (χ0n) is 17.4. The largest absolute Gasteiger partial charge is 0.493 e. The summed E-state index contributed by atoms with van der Waals surface area (Å²) in [5, 5.41) is 11.4. The molecule has 0 radical (unpaired) electrons. The van der Waals surface area contributed by atoms with Crippen LogP contribution in [0.5, 0.6) is 11.5 Å². The van der Waals surface area contributed by atoms with E-state index < -0.39 is 6.10 Å². The zero-order chi connectivity index (χ0) is 21.3. The molecule has 0 spiro atoms. The Labute approximate surface area is 183 Å². The van der Waals surface area contributed by atoms with Crippen molar-refractivity contribution in [2.45, 2.75) is 19.1 Å². The third-order valence-corrected chi connectivity index (χ3v) is 5.45. The van der Waals surface area contributed by atoms with Crippen LogP contribution in [0.4, 0.5) is 0 Å². The van der Waals surface area contributed by atoms with E-state index in [9.17, 15) is 5.11 Å². The highest BCUT2D eigenvalue weighted by Gasteiger charge is 2.17. The second kappa shape index (κ2) is 11.0. The van der Waals surface area contributed by atoms with Crippen molar-refractivity contribution in [3.63, 3.8) is 0 Å². The highest BCUT2D eigenvalue weighted by Crippen LogP contribution is 2.28. The SMILES string of the molecule is COc1ccc(CCN(Cc2ccccc2)CC(O)c2ccccc2Cl)cc1OC. The van der Waals surface area contributed by atoms with Gasteiger partial charge in [0, 0.05) is 30.2 Å². The standard InChI is InChI=1S/C25H28ClNO3/c1-29-24-13-12-19(16-25(24)30-2)14-15-27(17-20-8-4-3-5-9-20)18-23(28)21-10-6-7-11-22(21)26/h3-13,16,23,28H,14-15,17-18H2,1-2H3. The number of benzene rings is 3. The topological polar surface area (TPSA) is 41.9 Å². The summed E-state index contributed by atoms with van der Waals surface area (Å²) >= 11 is 6.29. The van der Waals surface area contributed by atoms with Crippen molar-refractivity contribution in [2.75, 3.05) is 27.3 Å². The average Bonchev–Trinajstić information content (AvgIpc) is 2.78. The summed E-state index contributed by atoms with van der Waals surface area (Å²) in [6.07, 6.45) is 0.162. The third kappa shape index (κ3) is 5.99. The molecule has 4 nitrogen and oxygen atoms in total. The molecule has 0 saturated heterocycles. The van der Waals surface area contributed by atoms with Crippen molar-refractivity contribution in [1.29, 1.82) is 0 Å². The number of nitrogens with zero attached hydrogens (tertiary/aromatic N) is 1. The van der Waals surface area contributed by atoms with E-state index in [0.29, 0.717) is 11.6 Å². The van der Waals surface area contributed by atoms with E-state index >= 15 is 0 Å². The molecule has 0 bridgehead atoms. The van der Waals surface area contributed by atoms with Gasteiger partial charge in [-0.1, -0.05) is 66.2 Å². The van der Waals surface area contributed by atoms with Gasteiger partial charge in [-0.2, -0.15) is 0 Å². The molecule has 0 aromatic heterocycles. The molecule has 1 N–H and O–H groups in total. The first-order valence-corrected chi connectivity index (χ1v) is 10.4. The molecular weight excluding hydrogens is 398 g/mol. The third-order valence-electron chi connectivity index (χ3n) is 5.11. The number of rotatable bonds is 10. The smallest absolute Gasteiger partial charge is 0.160 e. The Hall–Kier alpha value is -2.53. The minimum Gasteiger partial charge on any atom is -0.493 e. The number of aliphatic hydroxyl groups is 1. The molecule has 0 aliphatic heterocycles. The van der Waals surface area contributed by atoms with Gasteiger partial charge < -0.3 is 14.6 Å². The van der Waals surface area contributed by atoms with Crippen LogP contribution in [0.15, 0.2) is 72.8 Å². The number of aliphatic hydroxyl groups excluding tert-OH is 1. The molecule has 0 amide bonds. The molecule has 0 heterocycles. The van der Waals surface area contributed by atoms with E-state index in [1.807, 2.05) is 60.7 Å². The molecule has 1 atom stereocenters. The van der Waals surface area contributed by atoms with E-state index in [1.165, 1.54) is 5.56 Å². The number of hydrogen-bond acceptors (Lipinski definition) is 4. The van der Waals surface area contributed by atoms with E-state index in [1.54, 1.807) is 14.2 Å². The summed E-state index contributed by atoms with van der Waals surface area (Å²) in [6, 6.07) is 23.7. The van der Waals surface area contributed by atoms with Crippen LogP contribution in [0.25, 0.3) is 0 Å². The first-order chi connectivity index (χ1) is 14.6. The maximum atomic E-state index is 10.8. The van der Waals surface area contributed by atoms with E-state index in [2.05, 4.69) is 17.0 Å². The van der Waals surface area contributed by atoms with Crippen molar-refractivity contribution in [3.8, 4) is 11.5 Å². The van der Waals surface area contributed by atoms with Gasteiger partial charge in [-0.3, -0.25) is 4.90 Å². The molecule has 0 fully saturated rings. The van der Waals surface area contributed by atoms with Crippen LogP contribution in [0, 0.1) is 0 Å². The van der Waals surface area contributed by atoms with Crippen molar-refractivity contribution in [3.05, 3.63) is 94.5 Å². The molecular formula is C25H28ClNO3. The lowest BCUT2D eigenvalue weighted by atomic mass is 10.1. The minimum atomic E-state index is -0.659. The maximum Gasteiger partial charge on any atom is 0.160 e. The Bertz CT molecular complexity index is 933. The lowest BCUT2D eigenvalue weighted by molar-refractivity contribution is 0.110. The molecule has 1 unspecified atom stereocenters. The Morgan fingerprint density at radius 3 is 2.27 bits per heavy atom. The Morgan fingerprint density at radius 1 is 0.867 bits per heavy atom. The van der Waals surface area contributed by atoms with Gasteiger partial charge in [0.1, 0.15) is 0 Å². The molecule has 3 rings (SSSR count). The first kappa shape index (κ1) is 22.2. The maximum absolute atomic E-state index is 10.8. The van der Waals surface area contributed by atoms with Crippen molar-refractivity contribution < 1.29 is 14.6 Å². The van der Waals surface area contributed by atoms with Crippen LogP contribution in [0.3, 0.4) is 0 Å². The Morgan fingerprint density at radius 2 is 1.57 bits per heavy atom. The van der Waals surface area contributed by atoms with Crippen molar-refractivity contribution >= 4 is 11.6 Å². The molecule has 158 valence electrons. The Balaban J connectivity index is 1.73. The highest BCUT2D eigenvalue weighted by atomic mass is 35.5. The first-order valence-electron chi connectivity index (χ1n) is 10.0. The summed E-state index contributed by atoms with van der Waals surface area (Å²) in [5.74, 6) is 1.44. The molecule has 5 heteroatoms. The highest BCUT2D eigenvalue weighted by molar-refractivity contribution is 6.31. The lowest BCUT2D eigenvalue weighted by Gasteiger charge is -2.26. The normalized spacial score (nSPS) is 12.0. The average molecular weight is 426 g/mol. The number of ether oxygens (including phenoxy) is 2. The summed E-state index contributed by atoms with van der Waals surface area (Å²) in [6.45, 7) is 2.02. The molecule has 0 aliphatic rings. The molecule has 30 heavy (non-hydrogen) atoms. The fourth-order valence-corrected chi connectivity index (χ4v) is 3.75. The lowest BCUT2D eigenvalue weighted by Crippen LogP contribution is -2.30. The number of hydrogen-bond donors (Lipinski definition) is 1. The van der Waals surface area contributed by atoms with Crippen LogP contribution < -0.4 is 9.47 Å². The second-order valence-corrected chi connectivity index (χ2v) is 7.60. The monoisotopic (exact) mass is 425 g/mol. The van der Waals surface area contributed by atoms with Crippen LogP contribution in [-0.2, 0) is 13.0 Å². The fourth-order valence-electron chi connectivity index (χ4n) is 3.49. The molecule has 0 aliphatic carbocycles. The molecule has 0 saturated carbocycles. The van der Waals surface area contributed by atoms with Crippen molar-refractivity contribution in [1.82, 2.24) is 4.90 Å². The molecule has 3 aromatic rings. The quantitative estimate of drug-likeness (QED) is 0.488. The van der Waals surface area contributed by atoms with E-state index in [0.717, 1.165) is 42.1 Å². The van der Waals surface area contributed by atoms with Gasteiger partial charge in [0.2, 0.25) is 0 Å². The minimum absolute atomic E-state index is 0.492. The van der Waals surface area contributed by atoms with Crippen LogP contribution in [-0.4, -0.2) is 37.3 Å². The summed E-state index contributed by atoms with van der Waals surface area (Å²) in [4.78, 5) is 2.25. The summed E-state index contributed by atoms with van der Waals surface area (Å²) in [7, 11) is 3.28. The Kier molecular flexibility index (Phi) is 8.14. The zero-order valence-corrected chi connectivity index (χ0v) is 18.2. The van der Waals surface area contributed by atoms with Gasteiger partial charge >= 0.3 is 0 Å². The number of methoxy groups -OCH3 is 2. The summed E-state index contributed by atoms with van der Waals surface area (Å²) < 4.78 is 10.7. The van der Waals surface area contributed by atoms with Gasteiger partial charge in [-0.25, -0.2) is 0 Å². The number of halogens is 1. The van der Waals surface area contributed by atoms with E-state index in [-0.39, 0.29) is 0 Å². The second-order valence-electron chi connectivity index (χ2n) is 7.20. The van der Waals surface area contributed by atoms with Gasteiger partial charge in [0.25, 0.3) is 0 Å². The predicted octanol–water partition coefficient (Wildman–Crippen LogP) is 5.14. The molecule has 3 aromatic carbocycles. The van der Waals surface area contributed by atoms with Gasteiger partial charge in [0.05, 0.1) is 20.3 Å². The van der Waals surface area contributed by atoms with Crippen molar-refractivity contribution in [2.24, 2.45) is 0 Å². The van der Waals surface area contributed by atoms with Crippen LogP contribution in [0.1, 0.15) is 22.8 Å². The van der Waals surface area contributed by atoms with Crippen LogP contribution in [0.2, 0.25) is 5.02 Å². The van der Waals surface area contributed by atoms with E-state index in [4.69, 9.17) is 21.1 Å². The van der Waals surface area contributed by atoms with Gasteiger partial charge in [-0.15, -0.1) is 0 Å². The van der Waals surface area contributed by atoms with Gasteiger partial charge in [0.15, 0.2) is 11.5 Å². The van der Waals surface area contributed by atoms with Gasteiger partial charge in [-0.05, 0) is 35.7 Å².